The molecule has 0 bridgehead atoms. The first-order valence-electron chi connectivity index (χ1n) is 8.65. The number of carbonyl (C=O) groups is 3. The van der Waals surface area contributed by atoms with Crippen LogP contribution in [0.25, 0.3) is 0 Å². The smallest absolute Gasteiger partial charge is 0.330 e. The Bertz CT molecular complexity index is 631. The lowest BCUT2D eigenvalue weighted by molar-refractivity contribution is -0.137. The monoisotopic (exact) mass is 344 g/mol. The van der Waals surface area contributed by atoms with Crippen LogP contribution < -0.4 is 10.6 Å². The van der Waals surface area contributed by atoms with E-state index in [0.717, 1.165) is 37.8 Å². The fourth-order valence-electron chi connectivity index (χ4n) is 2.74. The summed E-state index contributed by atoms with van der Waals surface area (Å²) in [5, 5.41) is 5.67. The summed E-state index contributed by atoms with van der Waals surface area (Å²) in [6.07, 6.45) is 7.82. The molecule has 2 N–H and O–H groups in total. The highest BCUT2D eigenvalue weighted by molar-refractivity contribution is 6.03. The van der Waals surface area contributed by atoms with E-state index in [0.29, 0.717) is 11.3 Å². The second-order valence-electron chi connectivity index (χ2n) is 5.96. The van der Waals surface area contributed by atoms with Crippen molar-refractivity contribution < 1.29 is 19.1 Å². The van der Waals surface area contributed by atoms with Crippen molar-refractivity contribution in [1.82, 2.24) is 5.32 Å². The fourth-order valence-corrected chi connectivity index (χ4v) is 2.74. The second-order valence-corrected chi connectivity index (χ2v) is 5.96. The lowest BCUT2D eigenvalue weighted by atomic mass is 9.95. The van der Waals surface area contributed by atoms with Crippen LogP contribution in [-0.2, 0) is 14.3 Å². The van der Waals surface area contributed by atoms with Crippen molar-refractivity contribution in [3.63, 3.8) is 0 Å². The molecule has 0 atom stereocenters. The van der Waals surface area contributed by atoms with Crippen LogP contribution in [-0.4, -0.2) is 30.4 Å². The Labute approximate surface area is 147 Å². The maximum absolute atomic E-state index is 12.2. The second kappa shape index (κ2) is 9.61. The highest BCUT2D eigenvalue weighted by atomic mass is 16.5. The molecule has 6 nitrogen and oxygen atoms in total. The Morgan fingerprint density at radius 3 is 2.40 bits per heavy atom. The number of nitrogens with one attached hydrogen (secondary N) is 2. The molecular formula is C19H24N2O4. The van der Waals surface area contributed by atoms with Gasteiger partial charge in [0.15, 0.2) is 0 Å². The molecule has 0 aliphatic heterocycles. The first-order chi connectivity index (χ1) is 12.1. The predicted molar refractivity (Wildman–Crippen MR) is 95.2 cm³/mol. The van der Waals surface area contributed by atoms with Gasteiger partial charge in [-0.15, -0.1) is 0 Å². The van der Waals surface area contributed by atoms with Crippen LogP contribution in [0.4, 0.5) is 5.69 Å². The Hall–Kier alpha value is -2.63. The number of esters is 1. The molecule has 0 heterocycles. The van der Waals surface area contributed by atoms with Gasteiger partial charge in [0.05, 0.1) is 6.61 Å². The first kappa shape index (κ1) is 18.7. The van der Waals surface area contributed by atoms with Gasteiger partial charge in [-0.25, -0.2) is 4.79 Å². The van der Waals surface area contributed by atoms with E-state index in [1.807, 2.05) is 0 Å². The van der Waals surface area contributed by atoms with Gasteiger partial charge in [0.1, 0.15) is 0 Å². The maximum Gasteiger partial charge on any atom is 0.330 e. The summed E-state index contributed by atoms with van der Waals surface area (Å²) in [4.78, 5) is 35.1. The van der Waals surface area contributed by atoms with Crippen LogP contribution in [0.15, 0.2) is 36.4 Å². The van der Waals surface area contributed by atoms with Crippen molar-refractivity contribution >= 4 is 23.5 Å². The number of ether oxygens (including phenoxy) is 1. The molecular weight excluding hydrogens is 320 g/mol. The molecule has 1 aromatic rings. The van der Waals surface area contributed by atoms with Crippen molar-refractivity contribution in [3.8, 4) is 0 Å². The minimum absolute atomic E-state index is 0.0908. The third kappa shape index (κ3) is 6.41. The minimum atomic E-state index is -0.563. The number of carbonyl (C=O) groups excluding carboxylic acids is 3. The summed E-state index contributed by atoms with van der Waals surface area (Å²) in [5.41, 5.74) is 1.11. The molecule has 1 aromatic carbocycles. The van der Waals surface area contributed by atoms with Crippen LogP contribution >= 0.6 is 0 Å². The van der Waals surface area contributed by atoms with Gasteiger partial charge < -0.3 is 15.4 Å². The molecule has 2 amide bonds. The average molecular weight is 344 g/mol. The normalized spacial score (nSPS) is 14.9. The third-order valence-corrected chi connectivity index (χ3v) is 4.01. The SMILES string of the molecule is CCOC(=O)/C=C/C(=O)Nc1ccc(C(=O)NC2CCCCC2)cc1. The Kier molecular flexibility index (Phi) is 7.19. The average Bonchev–Trinajstić information content (AvgIpc) is 2.62. The molecule has 0 radical (unpaired) electrons. The van der Waals surface area contributed by atoms with E-state index in [4.69, 9.17) is 4.74 Å². The van der Waals surface area contributed by atoms with Gasteiger partial charge in [-0.05, 0) is 44.0 Å². The third-order valence-electron chi connectivity index (χ3n) is 4.01. The molecule has 0 spiro atoms. The minimum Gasteiger partial charge on any atom is -0.463 e. The molecule has 0 aromatic heterocycles. The summed E-state index contributed by atoms with van der Waals surface area (Å²) >= 11 is 0. The zero-order valence-corrected chi connectivity index (χ0v) is 14.4. The van der Waals surface area contributed by atoms with E-state index < -0.39 is 11.9 Å². The van der Waals surface area contributed by atoms with Gasteiger partial charge in [-0.1, -0.05) is 19.3 Å². The fraction of sp³-hybridized carbons (Fsp3) is 0.421. The number of hydrogen-bond donors (Lipinski definition) is 2. The van der Waals surface area contributed by atoms with Crippen molar-refractivity contribution in [1.29, 1.82) is 0 Å². The van der Waals surface area contributed by atoms with Crippen molar-refractivity contribution in [2.45, 2.75) is 45.1 Å². The van der Waals surface area contributed by atoms with E-state index >= 15 is 0 Å². The van der Waals surface area contributed by atoms with Crippen molar-refractivity contribution in [2.75, 3.05) is 11.9 Å². The Morgan fingerprint density at radius 2 is 1.76 bits per heavy atom. The number of anilines is 1. The number of amides is 2. The van der Waals surface area contributed by atoms with E-state index in [9.17, 15) is 14.4 Å². The van der Waals surface area contributed by atoms with Gasteiger partial charge in [-0.3, -0.25) is 9.59 Å². The molecule has 1 aliphatic carbocycles. The van der Waals surface area contributed by atoms with Crippen LogP contribution in [0.3, 0.4) is 0 Å². The molecule has 0 unspecified atom stereocenters. The summed E-state index contributed by atoms with van der Waals surface area (Å²) in [6.45, 7) is 1.95. The van der Waals surface area contributed by atoms with E-state index in [1.165, 1.54) is 6.42 Å². The molecule has 25 heavy (non-hydrogen) atoms. The van der Waals surface area contributed by atoms with Gasteiger partial charge in [0.2, 0.25) is 5.91 Å². The summed E-state index contributed by atoms with van der Waals surface area (Å²) in [5.74, 6) is -1.09. The lowest BCUT2D eigenvalue weighted by Crippen LogP contribution is -2.36. The van der Waals surface area contributed by atoms with Crippen molar-refractivity contribution in [3.05, 3.63) is 42.0 Å². The van der Waals surface area contributed by atoms with Gasteiger partial charge in [0, 0.05) is 29.4 Å². The van der Waals surface area contributed by atoms with Gasteiger partial charge in [-0.2, -0.15) is 0 Å². The summed E-state index contributed by atoms with van der Waals surface area (Å²) < 4.78 is 4.70. The lowest BCUT2D eigenvalue weighted by Gasteiger charge is -2.22. The van der Waals surface area contributed by atoms with Crippen LogP contribution in [0, 0.1) is 0 Å². The highest BCUT2D eigenvalue weighted by Crippen LogP contribution is 2.18. The predicted octanol–water partition coefficient (Wildman–Crippen LogP) is 2.81. The van der Waals surface area contributed by atoms with Crippen LogP contribution in [0.1, 0.15) is 49.4 Å². The van der Waals surface area contributed by atoms with E-state index in [-0.39, 0.29) is 18.6 Å². The van der Waals surface area contributed by atoms with Crippen LogP contribution in [0.2, 0.25) is 0 Å². The number of hydrogen-bond acceptors (Lipinski definition) is 4. The standard InChI is InChI=1S/C19H24N2O4/c1-2-25-18(23)13-12-17(22)20-16-10-8-14(9-11-16)19(24)21-15-6-4-3-5-7-15/h8-13,15H,2-7H2,1H3,(H,20,22)(H,21,24)/b13-12+. The number of rotatable bonds is 6. The van der Waals surface area contributed by atoms with Crippen LogP contribution in [0.5, 0.6) is 0 Å². The summed E-state index contributed by atoms with van der Waals surface area (Å²) in [7, 11) is 0. The Balaban J connectivity index is 1.85. The summed E-state index contributed by atoms with van der Waals surface area (Å²) in [6, 6.07) is 6.91. The molecule has 134 valence electrons. The topological polar surface area (TPSA) is 84.5 Å². The molecule has 1 fully saturated rings. The quantitative estimate of drug-likeness (QED) is 0.614. The molecule has 6 heteroatoms. The van der Waals surface area contributed by atoms with Gasteiger partial charge in [0.25, 0.3) is 5.91 Å². The first-order valence-corrected chi connectivity index (χ1v) is 8.65. The zero-order valence-electron chi connectivity index (χ0n) is 14.4. The van der Waals surface area contributed by atoms with Gasteiger partial charge >= 0.3 is 5.97 Å². The van der Waals surface area contributed by atoms with E-state index in [2.05, 4.69) is 10.6 Å². The largest absolute Gasteiger partial charge is 0.463 e. The molecule has 1 saturated carbocycles. The zero-order chi connectivity index (χ0) is 18.1. The van der Waals surface area contributed by atoms with Crippen molar-refractivity contribution in [2.24, 2.45) is 0 Å². The molecule has 1 aliphatic rings. The number of benzene rings is 1. The maximum atomic E-state index is 12.2. The highest BCUT2D eigenvalue weighted by Gasteiger charge is 2.16. The Morgan fingerprint density at radius 1 is 1.08 bits per heavy atom. The van der Waals surface area contributed by atoms with E-state index in [1.54, 1.807) is 31.2 Å². The molecule has 0 saturated heterocycles. The molecule has 2 rings (SSSR count).